The first-order valence-corrected chi connectivity index (χ1v) is 8.26. The molecule has 0 amide bonds. The molecule has 1 heterocycles. The molecule has 0 aromatic rings. The monoisotopic (exact) mass is 294 g/mol. The number of hydrogen-bond donors (Lipinski definition) is 2. The van der Waals surface area contributed by atoms with Crippen LogP contribution in [0.15, 0.2) is 0 Å². The third-order valence-electron chi connectivity index (χ3n) is 3.95. The van der Waals surface area contributed by atoms with Crippen LogP contribution in [0, 0.1) is 5.92 Å². The van der Waals surface area contributed by atoms with E-state index in [4.69, 9.17) is 4.74 Å². The van der Waals surface area contributed by atoms with Gasteiger partial charge in [-0.2, -0.15) is 11.8 Å². The van der Waals surface area contributed by atoms with Crippen LogP contribution < -0.4 is 10.6 Å². The van der Waals surface area contributed by atoms with Crippen LogP contribution in [0.5, 0.6) is 0 Å². The molecule has 2 aliphatic rings. The average molecular weight is 295 g/mol. The van der Waals surface area contributed by atoms with Crippen LogP contribution in [0.1, 0.15) is 26.2 Å². The summed E-state index contributed by atoms with van der Waals surface area (Å²) >= 11 is 1.93. The number of nitrogens with one attached hydrogen (secondary N) is 2. The van der Waals surface area contributed by atoms with Gasteiger partial charge in [-0.15, -0.1) is 12.4 Å². The van der Waals surface area contributed by atoms with Crippen molar-refractivity contribution in [1.29, 1.82) is 0 Å². The molecule has 108 valence electrons. The van der Waals surface area contributed by atoms with Gasteiger partial charge in [-0.05, 0) is 31.9 Å². The van der Waals surface area contributed by atoms with Crippen molar-refractivity contribution >= 4 is 24.2 Å². The Kier molecular flexibility index (Phi) is 7.96. The fourth-order valence-electron chi connectivity index (χ4n) is 3.20. The Morgan fingerprint density at radius 2 is 2.28 bits per heavy atom. The lowest BCUT2D eigenvalue weighted by molar-refractivity contribution is 0.0520. The molecular formula is C13H27ClN2OS. The molecule has 0 aromatic carbocycles. The molecule has 2 fully saturated rings. The lowest BCUT2D eigenvalue weighted by Gasteiger charge is -2.34. The molecule has 4 atom stereocenters. The molecule has 1 aliphatic carbocycles. The van der Waals surface area contributed by atoms with Crippen LogP contribution in [0.3, 0.4) is 0 Å². The largest absolute Gasteiger partial charge is 0.379 e. The minimum absolute atomic E-state index is 0. The molecule has 3 nitrogen and oxygen atoms in total. The van der Waals surface area contributed by atoms with E-state index in [1.807, 2.05) is 11.8 Å². The highest BCUT2D eigenvalue weighted by Crippen LogP contribution is 2.29. The number of hydrogen-bond acceptors (Lipinski definition) is 4. The Balaban J connectivity index is 0.00000162. The van der Waals surface area contributed by atoms with E-state index in [1.54, 1.807) is 0 Å². The number of morpholine rings is 1. The van der Waals surface area contributed by atoms with Crippen molar-refractivity contribution in [2.75, 3.05) is 31.8 Å². The van der Waals surface area contributed by atoms with Crippen molar-refractivity contribution in [1.82, 2.24) is 10.6 Å². The molecule has 0 aromatic heterocycles. The summed E-state index contributed by atoms with van der Waals surface area (Å²) in [5, 5.41) is 7.44. The van der Waals surface area contributed by atoms with E-state index in [0.717, 1.165) is 25.7 Å². The van der Waals surface area contributed by atoms with Crippen molar-refractivity contribution in [3.63, 3.8) is 0 Å². The average Bonchev–Trinajstić information content (AvgIpc) is 2.78. The van der Waals surface area contributed by atoms with E-state index in [1.165, 1.54) is 25.0 Å². The molecule has 1 saturated heterocycles. The zero-order chi connectivity index (χ0) is 12.1. The highest BCUT2D eigenvalue weighted by Gasteiger charge is 2.34. The van der Waals surface area contributed by atoms with Crippen molar-refractivity contribution in [2.45, 2.75) is 44.3 Å². The molecule has 5 heteroatoms. The van der Waals surface area contributed by atoms with Crippen molar-refractivity contribution in [2.24, 2.45) is 5.92 Å². The predicted octanol–water partition coefficient (Wildman–Crippen LogP) is 1.91. The Bertz CT molecular complexity index is 227. The Morgan fingerprint density at radius 1 is 1.44 bits per heavy atom. The summed E-state index contributed by atoms with van der Waals surface area (Å²) in [7, 11) is 0. The molecule has 0 radical (unpaired) electrons. The number of ether oxygens (including phenoxy) is 1. The highest BCUT2D eigenvalue weighted by molar-refractivity contribution is 7.98. The topological polar surface area (TPSA) is 33.3 Å². The van der Waals surface area contributed by atoms with Gasteiger partial charge >= 0.3 is 0 Å². The molecule has 18 heavy (non-hydrogen) atoms. The van der Waals surface area contributed by atoms with Crippen LogP contribution in [0.25, 0.3) is 0 Å². The maximum Gasteiger partial charge on any atom is 0.0623 e. The van der Waals surface area contributed by atoms with Gasteiger partial charge in [0.05, 0.1) is 13.2 Å². The maximum absolute atomic E-state index is 5.60. The Hall–Kier alpha value is 0.520. The first kappa shape index (κ1) is 16.6. The first-order chi connectivity index (χ1) is 8.31. The predicted molar refractivity (Wildman–Crippen MR) is 82.0 cm³/mol. The molecule has 1 saturated carbocycles. The van der Waals surface area contributed by atoms with Gasteiger partial charge in [-0.1, -0.05) is 6.42 Å². The Labute approximate surface area is 122 Å². The summed E-state index contributed by atoms with van der Waals surface area (Å²) in [5.41, 5.74) is 0. The fraction of sp³-hybridized carbons (Fsp3) is 1.00. The summed E-state index contributed by atoms with van der Waals surface area (Å²) in [5.74, 6) is 1.97. The molecule has 2 rings (SSSR count). The second-order valence-electron chi connectivity index (χ2n) is 5.36. The van der Waals surface area contributed by atoms with Gasteiger partial charge in [0.25, 0.3) is 0 Å². The van der Waals surface area contributed by atoms with Crippen molar-refractivity contribution in [3.8, 4) is 0 Å². The van der Waals surface area contributed by atoms with E-state index in [0.29, 0.717) is 18.1 Å². The molecule has 1 aliphatic heterocycles. The van der Waals surface area contributed by atoms with Crippen LogP contribution in [0.4, 0.5) is 0 Å². The lowest BCUT2D eigenvalue weighted by Crippen LogP contribution is -2.52. The third kappa shape index (κ3) is 4.57. The van der Waals surface area contributed by atoms with Gasteiger partial charge in [-0.25, -0.2) is 0 Å². The first-order valence-electron chi connectivity index (χ1n) is 6.87. The summed E-state index contributed by atoms with van der Waals surface area (Å²) in [6, 6.07) is 1.89. The standard InChI is InChI=1S/C13H26N2OS.ClH/c1-10(9-17-2)15-12-5-3-4-11(12)13-8-16-7-6-14-13;/h10-15H,3-9H2,1-2H3;1H. The fourth-order valence-corrected chi connectivity index (χ4v) is 3.80. The molecule has 0 spiro atoms. The van der Waals surface area contributed by atoms with E-state index in [2.05, 4.69) is 23.8 Å². The lowest BCUT2D eigenvalue weighted by atomic mass is 9.93. The van der Waals surface area contributed by atoms with Gasteiger partial charge in [0, 0.05) is 30.4 Å². The van der Waals surface area contributed by atoms with E-state index < -0.39 is 0 Å². The third-order valence-corrected chi connectivity index (χ3v) is 4.79. The van der Waals surface area contributed by atoms with E-state index >= 15 is 0 Å². The quantitative estimate of drug-likeness (QED) is 0.811. The van der Waals surface area contributed by atoms with Crippen LogP contribution in [0.2, 0.25) is 0 Å². The number of thioether (sulfide) groups is 1. The molecule has 0 bridgehead atoms. The second-order valence-corrected chi connectivity index (χ2v) is 6.27. The maximum atomic E-state index is 5.60. The van der Waals surface area contributed by atoms with Crippen molar-refractivity contribution < 1.29 is 4.74 Å². The van der Waals surface area contributed by atoms with E-state index in [-0.39, 0.29) is 12.4 Å². The van der Waals surface area contributed by atoms with Gasteiger partial charge in [0.2, 0.25) is 0 Å². The normalized spacial score (nSPS) is 34.0. The van der Waals surface area contributed by atoms with Crippen LogP contribution >= 0.6 is 24.2 Å². The zero-order valence-electron chi connectivity index (χ0n) is 11.5. The highest BCUT2D eigenvalue weighted by atomic mass is 35.5. The smallest absolute Gasteiger partial charge is 0.0623 e. The van der Waals surface area contributed by atoms with Gasteiger partial charge < -0.3 is 15.4 Å². The Morgan fingerprint density at radius 3 is 2.94 bits per heavy atom. The minimum Gasteiger partial charge on any atom is -0.379 e. The van der Waals surface area contributed by atoms with Crippen molar-refractivity contribution in [3.05, 3.63) is 0 Å². The second kappa shape index (κ2) is 8.64. The SMILES string of the molecule is CSCC(C)NC1CCCC1C1COCCN1.Cl. The van der Waals surface area contributed by atoms with Crippen LogP contribution in [-0.4, -0.2) is 49.9 Å². The minimum atomic E-state index is 0. The summed E-state index contributed by atoms with van der Waals surface area (Å²) in [6.45, 7) is 5.11. The molecular weight excluding hydrogens is 268 g/mol. The van der Waals surface area contributed by atoms with Gasteiger partial charge in [0.1, 0.15) is 0 Å². The van der Waals surface area contributed by atoms with Gasteiger partial charge in [-0.3, -0.25) is 0 Å². The summed E-state index contributed by atoms with van der Waals surface area (Å²) in [4.78, 5) is 0. The van der Waals surface area contributed by atoms with Crippen LogP contribution in [-0.2, 0) is 4.74 Å². The summed E-state index contributed by atoms with van der Waals surface area (Å²) in [6.07, 6.45) is 6.24. The summed E-state index contributed by atoms with van der Waals surface area (Å²) < 4.78 is 5.60. The van der Waals surface area contributed by atoms with E-state index in [9.17, 15) is 0 Å². The van der Waals surface area contributed by atoms with Gasteiger partial charge in [0.15, 0.2) is 0 Å². The molecule has 2 N–H and O–H groups in total. The number of halogens is 1. The zero-order valence-corrected chi connectivity index (χ0v) is 13.1. The molecule has 4 unspecified atom stereocenters. The number of rotatable bonds is 5.